The Balaban J connectivity index is 1.53. The first-order valence-electron chi connectivity index (χ1n) is 8.47. The molecule has 4 heterocycles. The van der Waals surface area contributed by atoms with E-state index in [0.717, 1.165) is 37.1 Å². The molecule has 0 fully saturated rings. The molecule has 0 bridgehead atoms. The van der Waals surface area contributed by atoms with Gasteiger partial charge in [-0.15, -0.1) is 32.9 Å². The molecule has 0 N–H and O–H groups in total. The van der Waals surface area contributed by atoms with Crippen LogP contribution in [0.1, 0.15) is 0 Å². The maximum Gasteiger partial charge on any atom is 0.203 e. The van der Waals surface area contributed by atoms with Gasteiger partial charge in [0.2, 0.25) is 5.16 Å². The molecule has 1 aromatic carbocycles. The van der Waals surface area contributed by atoms with Gasteiger partial charge in [-0.2, -0.15) is 0 Å². The van der Waals surface area contributed by atoms with E-state index in [1.54, 1.807) is 28.9 Å². The molecule has 0 unspecified atom stereocenters. The molecule has 8 heteroatoms. The highest BCUT2D eigenvalue weighted by Gasteiger charge is 2.19. The SMILES string of the molecule is c1ccc(-c2csc(Sc3nnc(-c4cccs4)n3-c3cccnc3)n2)cc1. The van der Waals surface area contributed by atoms with Crippen LogP contribution in [0.25, 0.3) is 27.6 Å². The Bertz CT molecular complexity index is 1180. The molecule has 0 saturated carbocycles. The Kier molecular flexibility index (Phi) is 4.74. The van der Waals surface area contributed by atoms with Crippen molar-refractivity contribution in [1.29, 1.82) is 0 Å². The van der Waals surface area contributed by atoms with E-state index < -0.39 is 0 Å². The Hall–Kier alpha value is -2.81. The molecule has 0 spiro atoms. The third-order valence-electron chi connectivity index (χ3n) is 4.01. The van der Waals surface area contributed by atoms with Crippen molar-refractivity contribution in [2.45, 2.75) is 9.50 Å². The fourth-order valence-corrected chi connectivity index (χ4v) is 5.22. The van der Waals surface area contributed by atoms with Crippen LogP contribution >= 0.6 is 34.4 Å². The van der Waals surface area contributed by atoms with Crippen molar-refractivity contribution < 1.29 is 0 Å². The van der Waals surface area contributed by atoms with Crippen molar-refractivity contribution in [2.75, 3.05) is 0 Å². The van der Waals surface area contributed by atoms with Gasteiger partial charge >= 0.3 is 0 Å². The highest BCUT2D eigenvalue weighted by atomic mass is 32.2. The molecular weight excluding hydrogens is 406 g/mol. The lowest BCUT2D eigenvalue weighted by molar-refractivity contribution is 0.881. The smallest absolute Gasteiger partial charge is 0.203 e. The molecule has 0 aliphatic heterocycles. The van der Waals surface area contributed by atoms with Crippen molar-refractivity contribution in [2.24, 2.45) is 0 Å². The molecule has 0 aliphatic carbocycles. The van der Waals surface area contributed by atoms with E-state index in [9.17, 15) is 0 Å². The van der Waals surface area contributed by atoms with Gasteiger partial charge in [-0.3, -0.25) is 9.55 Å². The molecular formula is C20H13N5S3. The summed E-state index contributed by atoms with van der Waals surface area (Å²) in [6.45, 7) is 0. The molecule has 5 nitrogen and oxygen atoms in total. The molecule has 136 valence electrons. The quantitative estimate of drug-likeness (QED) is 0.368. The van der Waals surface area contributed by atoms with Crippen LogP contribution in [0.5, 0.6) is 0 Å². The van der Waals surface area contributed by atoms with Crippen LogP contribution < -0.4 is 0 Å². The van der Waals surface area contributed by atoms with Crippen molar-refractivity contribution in [3.63, 3.8) is 0 Å². The number of hydrogen-bond acceptors (Lipinski definition) is 7. The summed E-state index contributed by atoms with van der Waals surface area (Å²) in [6, 6.07) is 18.2. The van der Waals surface area contributed by atoms with Gasteiger partial charge in [0, 0.05) is 17.1 Å². The first-order valence-corrected chi connectivity index (χ1v) is 11.0. The molecule has 0 aliphatic rings. The summed E-state index contributed by atoms with van der Waals surface area (Å²) < 4.78 is 2.96. The summed E-state index contributed by atoms with van der Waals surface area (Å²) in [5.74, 6) is 0.810. The maximum atomic E-state index is 4.77. The van der Waals surface area contributed by atoms with E-state index in [2.05, 4.69) is 32.7 Å². The van der Waals surface area contributed by atoms with E-state index in [-0.39, 0.29) is 0 Å². The zero-order valence-electron chi connectivity index (χ0n) is 14.5. The minimum Gasteiger partial charge on any atom is -0.267 e. The van der Waals surface area contributed by atoms with Gasteiger partial charge in [-0.1, -0.05) is 36.4 Å². The summed E-state index contributed by atoms with van der Waals surface area (Å²) >= 11 is 4.76. The zero-order chi connectivity index (χ0) is 18.8. The van der Waals surface area contributed by atoms with Gasteiger partial charge in [-0.05, 0) is 35.3 Å². The predicted molar refractivity (Wildman–Crippen MR) is 114 cm³/mol. The average Bonchev–Trinajstić information content (AvgIpc) is 3.50. The summed E-state index contributed by atoms with van der Waals surface area (Å²) in [5.41, 5.74) is 3.01. The van der Waals surface area contributed by atoms with Crippen LogP contribution in [0.3, 0.4) is 0 Å². The number of aromatic nitrogens is 5. The van der Waals surface area contributed by atoms with E-state index in [0.29, 0.717) is 0 Å². The Morgan fingerprint density at radius 3 is 2.61 bits per heavy atom. The van der Waals surface area contributed by atoms with Gasteiger partial charge in [-0.25, -0.2) is 4.98 Å². The lowest BCUT2D eigenvalue weighted by Gasteiger charge is -2.07. The summed E-state index contributed by atoms with van der Waals surface area (Å²) in [7, 11) is 0. The molecule has 28 heavy (non-hydrogen) atoms. The van der Waals surface area contributed by atoms with Gasteiger partial charge in [0.25, 0.3) is 0 Å². The number of benzene rings is 1. The average molecular weight is 420 g/mol. The summed E-state index contributed by atoms with van der Waals surface area (Å²) in [5, 5.41) is 13.8. The Morgan fingerprint density at radius 2 is 1.82 bits per heavy atom. The van der Waals surface area contributed by atoms with Gasteiger partial charge in [0.15, 0.2) is 10.2 Å². The number of thiazole rings is 1. The third-order valence-corrected chi connectivity index (χ3v) is 6.76. The number of rotatable bonds is 5. The molecule has 5 rings (SSSR count). The van der Waals surface area contributed by atoms with E-state index in [1.807, 2.05) is 58.6 Å². The number of nitrogens with zero attached hydrogens (tertiary/aromatic N) is 5. The Morgan fingerprint density at radius 1 is 0.893 bits per heavy atom. The van der Waals surface area contributed by atoms with Crippen molar-refractivity contribution in [3.8, 4) is 27.6 Å². The van der Waals surface area contributed by atoms with Gasteiger partial charge in [0.05, 0.1) is 22.5 Å². The molecule has 0 amide bonds. The van der Waals surface area contributed by atoms with Crippen LogP contribution in [-0.2, 0) is 0 Å². The van der Waals surface area contributed by atoms with E-state index >= 15 is 0 Å². The zero-order valence-corrected chi connectivity index (χ0v) is 16.9. The Labute approximate surface area is 173 Å². The van der Waals surface area contributed by atoms with Crippen LogP contribution in [0.4, 0.5) is 0 Å². The number of pyridine rings is 1. The molecule has 0 saturated heterocycles. The second-order valence-electron chi connectivity index (χ2n) is 5.80. The van der Waals surface area contributed by atoms with Crippen LogP contribution in [0, 0.1) is 0 Å². The van der Waals surface area contributed by atoms with Gasteiger partial charge < -0.3 is 0 Å². The molecule has 4 aromatic heterocycles. The van der Waals surface area contributed by atoms with E-state index in [4.69, 9.17) is 4.98 Å². The highest BCUT2D eigenvalue weighted by molar-refractivity contribution is 8.00. The number of thiophene rings is 1. The minimum atomic E-state index is 0.769. The molecule has 5 aromatic rings. The maximum absolute atomic E-state index is 4.77. The van der Waals surface area contributed by atoms with Gasteiger partial charge in [0.1, 0.15) is 0 Å². The minimum absolute atomic E-state index is 0.769. The van der Waals surface area contributed by atoms with Crippen LogP contribution in [0.15, 0.2) is 87.2 Å². The number of hydrogen-bond donors (Lipinski definition) is 0. The van der Waals surface area contributed by atoms with Crippen molar-refractivity contribution in [1.82, 2.24) is 24.7 Å². The van der Waals surface area contributed by atoms with Crippen LogP contribution in [0.2, 0.25) is 0 Å². The molecule has 0 atom stereocenters. The fourth-order valence-electron chi connectivity index (χ4n) is 2.74. The lowest BCUT2D eigenvalue weighted by Crippen LogP contribution is -1.99. The van der Waals surface area contributed by atoms with Crippen molar-refractivity contribution >= 4 is 34.4 Å². The normalized spacial score (nSPS) is 11.0. The second kappa shape index (κ2) is 7.67. The lowest BCUT2D eigenvalue weighted by atomic mass is 10.2. The highest BCUT2D eigenvalue weighted by Crippen LogP contribution is 2.36. The fraction of sp³-hybridized carbons (Fsp3) is 0. The third kappa shape index (κ3) is 3.37. The van der Waals surface area contributed by atoms with Crippen molar-refractivity contribution in [3.05, 3.63) is 77.8 Å². The summed E-state index contributed by atoms with van der Waals surface area (Å²) in [4.78, 5) is 10.1. The predicted octanol–water partition coefficient (Wildman–Crippen LogP) is 5.67. The monoisotopic (exact) mass is 419 g/mol. The topological polar surface area (TPSA) is 56.5 Å². The second-order valence-corrected chi connectivity index (χ2v) is 8.82. The first-order chi connectivity index (χ1) is 13.9. The summed E-state index contributed by atoms with van der Waals surface area (Å²) in [6.07, 6.45) is 3.58. The van der Waals surface area contributed by atoms with Crippen LogP contribution in [-0.4, -0.2) is 24.7 Å². The first kappa shape index (κ1) is 17.3. The standard InChI is InChI=1S/C20H13N5S3/c1-2-6-14(7-3-1)16-13-27-20(22-16)28-19-24-23-18(17-9-5-11-26-17)25(19)15-8-4-10-21-12-15/h1-13H. The molecule has 0 radical (unpaired) electrons. The van der Waals surface area contributed by atoms with E-state index in [1.165, 1.54) is 11.8 Å². The largest absolute Gasteiger partial charge is 0.267 e.